The Labute approximate surface area is 92.8 Å². The zero-order chi connectivity index (χ0) is 10.1. The summed E-state index contributed by atoms with van der Waals surface area (Å²) in [6.45, 7) is 3.08. The molecule has 2 atom stereocenters. The number of ether oxygens (including phenoxy) is 1. The van der Waals surface area contributed by atoms with Crippen LogP contribution in [0.5, 0.6) is 5.75 Å². The monoisotopic (exact) mass is 255 g/mol. The third-order valence-electron chi connectivity index (χ3n) is 2.67. The van der Waals surface area contributed by atoms with E-state index in [0.29, 0.717) is 5.92 Å². The van der Waals surface area contributed by atoms with Gasteiger partial charge in [-0.15, -0.1) is 0 Å². The zero-order valence-electron chi connectivity index (χ0n) is 8.38. The molecule has 76 valence electrons. The van der Waals surface area contributed by atoms with Gasteiger partial charge in [-0.05, 0) is 32.2 Å². The van der Waals surface area contributed by atoms with Crippen LogP contribution in [0.3, 0.4) is 0 Å². The second-order valence-corrected chi connectivity index (χ2v) is 4.58. The molecule has 0 fully saturated rings. The maximum atomic E-state index is 5.77. The van der Waals surface area contributed by atoms with Crippen molar-refractivity contribution in [1.82, 2.24) is 5.32 Å². The van der Waals surface area contributed by atoms with Crippen LogP contribution in [0.4, 0.5) is 0 Å². The second kappa shape index (κ2) is 3.91. The minimum Gasteiger partial charge on any atom is -0.490 e. The van der Waals surface area contributed by atoms with Crippen LogP contribution in [0, 0.1) is 0 Å². The summed E-state index contributed by atoms with van der Waals surface area (Å²) in [7, 11) is 1.97. The predicted octanol–water partition coefficient (Wildman–Crippen LogP) is 2.53. The number of rotatable bonds is 2. The molecule has 1 aliphatic heterocycles. The summed E-state index contributed by atoms with van der Waals surface area (Å²) in [6, 6.07) is 6.21. The molecule has 1 aromatic carbocycles. The zero-order valence-corrected chi connectivity index (χ0v) is 9.97. The highest BCUT2D eigenvalue weighted by Gasteiger charge is 2.30. The molecular formula is C11H14BrNO. The molecule has 0 aliphatic carbocycles. The van der Waals surface area contributed by atoms with Crippen LogP contribution in [0.15, 0.2) is 22.7 Å². The van der Waals surface area contributed by atoms with Crippen molar-refractivity contribution in [3.8, 4) is 5.75 Å². The number of hydrogen-bond acceptors (Lipinski definition) is 2. The minimum atomic E-state index is 0.270. The first-order valence-corrected chi connectivity index (χ1v) is 5.62. The third kappa shape index (κ3) is 1.66. The van der Waals surface area contributed by atoms with E-state index in [-0.39, 0.29) is 6.10 Å². The molecule has 2 unspecified atom stereocenters. The van der Waals surface area contributed by atoms with E-state index >= 15 is 0 Å². The molecule has 0 aromatic heterocycles. The second-order valence-electron chi connectivity index (χ2n) is 3.67. The maximum Gasteiger partial charge on any atom is 0.123 e. The normalized spacial score (nSPS) is 24.5. The Hall–Kier alpha value is -0.540. The molecule has 1 N–H and O–H groups in total. The molecule has 1 aromatic rings. The number of hydrogen-bond donors (Lipinski definition) is 1. The van der Waals surface area contributed by atoms with Gasteiger partial charge in [-0.3, -0.25) is 0 Å². The Bertz CT molecular complexity index is 340. The van der Waals surface area contributed by atoms with Crippen molar-refractivity contribution in [2.24, 2.45) is 0 Å². The van der Waals surface area contributed by atoms with Crippen molar-refractivity contribution in [3.63, 3.8) is 0 Å². The number of benzene rings is 1. The Morgan fingerprint density at radius 3 is 3.00 bits per heavy atom. The van der Waals surface area contributed by atoms with E-state index in [4.69, 9.17) is 4.74 Å². The summed E-state index contributed by atoms with van der Waals surface area (Å²) in [5.74, 6) is 1.49. The lowest BCUT2D eigenvalue weighted by atomic mass is 9.96. The number of nitrogens with one attached hydrogen (secondary N) is 1. The van der Waals surface area contributed by atoms with E-state index in [1.54, 1.807) is 0 Å². The van der Waals surface area contributed by atoms with Crippen LogP contribution in [0.25, 0.3) is 0 Å². The molecule has 0 saturated heterocycles. The quantitative estimate of drug-likeness (QED) is 0.877. The average molecular weight is 256 g/mol. The lowest BCUT2D eigenvalue weighted by molar-refractivity contribution is 0.225. The summed E-state index contributed by atoms with van der Waals surface area (Å²) in [5.41, 5.74) is 1.31. The smallest absolute Gasteiger partial charge is 0.123 e. The van der Waals surface area contributed by atoms with Crippen LogP contribution in [0.1, 0.15) is 18.4 Å². The summed E-state index contributed by atoms with van der Waals surface area (Å²) in [4.78, 5) is 0. The lowest BCUT2D eigenvalue weighted by Gasteiger charge is -2.13. The summed E-state index contributed by atoms with van der Waals surface area (Å²) < 4.78 is 6.89. The predicted molar refractivity (Wildman–Crippen MR) is 60.9 cm³/mol. The third-order valence-corrected chi connectivity index (χ3v) is 3.17. The topological polar surface area (TPSA) is 21.3 Å². The van der Waals surface area contributed by atoms with Gasteiger partial charge in [0, 0.05) is 22.5 Å². The first-order valence-electron chi connectivity index (χ1n) is 4.83. The number of likely N-dealkylation sites (N-methyl/N-ethyl adjacent to an activating group) is 1. The highest BCUT2D eigenvalue weighted by Crippen LogP contribution is 2.39. The van der Waals surface area contributed by atoms with Crippen molar-refractivity contribution >= 4 is 15.9 Å². The highest BCUT2D eigenvalue weighted by molar-refractivity contribution is 9.10. The minimum absolute atomic E-state index is 0.270. The van der Waals surface area contributed by atoms with Crippen molar-refractivity contribution in [2.45, 2.75) is 18.9 Å². The maximum absolute atomic E-state index is 5.77. The summed E-state index contributed by atoms with van der Waals surface area (Å²) in [5, 5.41) is 3.21. The van der Waals surface area contributed by atoms with Gasteiger partial charge in [0.05, 0.1) is 0 Å². The Morgan fingerprint density at radius 1 is 1.50 bits per heavy atom. The van der Waals surface area contributed by atoms with Crippen molar-refractivity contribution in [3.05, 3.63) is 28.2 Å². The molecule has 0 bridgehead atoms. The van der Waals surface area contributed by atoms with E-state index in [2.05, 4.69) is 34.2 Å². The van der Waals surface area contributed by atoms with Gasteiger partial charge >= 0.3 is 0 Å². The van der Waals surface area contributed by atoms with Gasteiger partial charge in [-0.1, -0.05) is 15.9 Å². The van der Waals surface area contributed by atoms with E-state index in [9.17, 15) is 0 Å². The first kappa shape index (κ1) is 9.99. The molecule has 14 heavy (non-hydrogen) atoms. The molecular weight excluding hydrogens is 242 g/mol. The molecule has 0 saturated carbocycles. The standard InChI is InChI=1S/C11H14BrNO/c1-7-10(6-13-2)9-5-8(12)3-4-11(9)14-7/h3-5,7,10,13H,6H2,1-2H3. The Balaban J connectivity index is 2.34. The van der Waals surface area contributed by atoms with E-state index in [1.165, 1.54) is 5.56 Å². The molecule has 2 nitrogen and oxygen atoms in total. The van der Waals surface area contributed by atoms with Gasteiger partial charge in [0.15, 0.2) is 0 Å². The molecule has 0 spiro atoms. The van der Waals surface area contributed by atoms with Crippen LogP contribution in [-0.2, 0) is 0 Å². The SMILES string of the molecule is CNCC1c2cc(Br)ccc2OC1C. The fourth-order valence-electron chi connectivity index (χ4n) is 1.95. The fourth-order valence-corrected chi connectivity index (χ4v) is 2.33. The van der Waals surface area contributed by atoms with Gasteiger partial charge in [0.25, 0.3) is 0 Å². The van der Waals surface area contributed by atoms with Crippen molar-refractivity contribution in [1.29, 1.82) is 0 Å². The van der Waals surface area contributed by atoms with E-state index in [1.807, 2.05) is 19.2 Å². The number of halogens is 1. The van der Waals surface area contributed by atoms with Gasteiger partial charge in [0.1, 0.15) is 11.9 Å². The summed E-state index contributed by atoms with van der Waals surface area (Å²) >= 11 is 3.49. The lowest BCUT2D eigenvalue weighted by Crippen LogP contribution is -2.24. The van der Waals surface area contributed by atoms with E-state index in [0.717, 1.165) is 16.8 Å². The van der Waals surface area contributed by atoms with E-state index < -0.39 is 0 Å². The van der Waals surface area contributed by atoms with Gasteiger partial charge in [0.2, 0.25) is 0 Å². The van der Waals surface area contributed by atoms with Crippen LogP contribution in [0.2, 0.25) is 0 Å². The van der Waals surface area contributed by atoms with Gasteiger partial charge < -0.3 is 10.1 Å². The average Bonchev–Trinajstić information content (AvgIpc) is 2.45. The Kier molecular flexibility index (Phi) is 2.79. The molecule has 3 heteroatoms. The van der Waals surface area contributed by atoms with Crippen molar-refractivity contribution in [2.75, 3.05) is 13.6 Å². The van der Waals surface area contributed by atoms with Crippen molar-refractivity contribution < 1.29 is 4.74 Å². The number of fused-ring (bicyclic) bond motifs is 1. The highest BCUT2D eigenvalue weighted by atomic mass is 79.9. The van der Waals surface area contributed by atoms with Crippen LogP contribution < -0.4 is 10.1 Å². The largest absolute Gasteiger partial charge is 0.490 e. The fraction of sp³-hybridized carbons (Fsp3) is 0.455. The van der Waals surface area contributed by atoms with Crippen LogP contribution >= 0.6 is 15.9 Å². The molecule has 1 aliphatic rings. The Morgan fingerprint density at radius 2 is 2.29 bits per heavy atom. The molecule has 0 amide bonds. The van der Waals surface area contributed by atoms with Gasteiger partial charge in [-0.2, -0.15) is 0 Å². The first-order chi connectivity index (χ1) is 6.72. The summed E-state index contributed by atoms with van der Waals surface area (Å²) in [6.07, 6.45) is 0.270. The van der Waals surface area contributed by atoms with Gasteiger partial charge in [-0.25, -0.2) is 0 Å². The molecule has 2 rings (SSSR count). The molecule has 0 radical (unpaired) electrons. The van der Waals surface area contributed by atoms with Crippen LogP contribution in [-0.4, -0.2) is 19.7 Å². The molecule has 1 heterocycles.